The van der Waals surface area contributed by atoms with E-state index in [9.17, 15) is 32.3 Å². The minimum atomic E-state index is -4.67. The van der Waals surface area contributed by atoms with Gasteiger partial charge in [0.1, 0.15) is 17.1 Å². The molecule has 7 rings (SSSR count). The molecule has 4 aromatic rings. The average molecular weight is 835 g/mol. The molecule has 2 N–H and O–H groups in total. The van der Waals surface area contributed by atoms with Crippen molar-refractivity contribution in [2.24, 2.45) is 11.8 Å². The normalized spacial score (nSPS) is 19.3. The molecule has 2 saturated heterocycles. The minimum Gasteiger partial charge on any atom is -0.494 e. The van der Waals surface area contributed by atoms with Crippen LogP contribution < -0.4 is 20.3 Å². The number of nitrogens with zero attached hydrogens (tertiary/aromatic N) is 6. The van der Waals surface area contributed by atoms with Crippen LogP contribution in [0.15, 0.2) is 67.0 Å². The maximum Gasteiger partial charge on any atom is 0.433 e. The second-order valence-corrected chi connectivity index (χ2v) is 15.8. The lowest BCUT2D eigenvalue weighted by Gasteiger charge is -2.33. The van der Waals surface area contributed by atoms with Crippen LogP contribution in [-0.2, 0) is 11.0 Å². The zero-order valence-electron chi connectivity index (χ0n) is 32.8. The number of carbonyl (C=O) groups excluding carboxylic acids is 4. The fourth-order valence-electron chi connectivity index (χ4n) is 7.97. The maximum absolute atomic E-state index is 13.4. The molecule has 0 unspecified atom stereocenters. The summed E-state index contributed by atoms with van der Waals surface area (Å²) in [5.74, 6) is 0.0594. The zero-order chi connectivity index (χ0) is 41.8. The Hall–Kier alpha value is -5.64. The number of fused-ring (bicyclic) bond motifs is 1. The topological polar surface area (TPSA) is 142 Å². The van der Waals surface area contributed by atoms with Crippen molar-refractivity contribution in [3.05, 3.63) is 89.0 Å². The lowest BCUT2D eigenvalue weighted by atomic mass is 9.86. The van der Waals surface area contributed by atoms with Crippen molar-refractivity contribution in [1.29, 1.82) is 0 Å². The molecule has 0 spiro atoms. The van der Waals surface area contributed by atoms with E-state index in [2.05, 4.69) is 39.8 Å². The predicted molar refractivity (Wildman–Crippen MR) is 216 cm³/mol. The molecule has 3 aliphatic rings. The molecule has 4 heterocycles. The van der Waals surface area contributed by atoms with Crippen LogP contribution in [-0.4, -0.2) is 88.7 Å². The number of likely N-dealkylation sites (tertiary alicyclic amines) is 1. The van der Waals surface area contributed by atoms with Gasteiger partial charge in [-0.25, -0.2) is 9.78 Å². The van der Waals surface area contributed by atoms with Gasteiger partial charge in [-0.05, 0) is 99.4 Å². The van der Waals surface area contributed by atoms with E-state index in [-0.39, 0.29) is 36.5 Å². The Labute approximate surface area is 344 Å². The van der Waals surface area contributed by atoms with E-state index in [4.69, 9.17) is 21.4 Å². The fourth-order valence-corrected chi connectivity index (χ4v) is 8.19. The Balaban J connectivity index is 0.857. The van der Waals surface area contributed by atoms with E-state index < -0.39 is 23.8 Å². The molecule has 17 heteroatoms. The number of urea groups is 1. The quantitative estimate of drug-likeness (QED) is 0.155. The number of hydrogen-bond acceptors (Lipinski definition) is 8. The first-order chi connectivity index (χ1) is 28.2. The van der Waals surface area contributed by atoms with Crippen LogP contribution in [0.2, 0.25) is 5.02 Å². The number of anilines is 2. The lowest BCUT2D eigenvalue weighted by Crippen LogP contribution is -2.49. The summed E-state index contributed by atoms with van der Waals surface area (Å²) in [6.45, 7) is 2.42. The first-order valence-electron chi connectivity index (χ1n) is 19.8. The van der Waals surface area contributed by atoms with Crippen LogP contribution in [0, 0.1) is 11.8 Å². The molecule has 0 atom stereocenters. The Bertz CT molecular complexity index is 2250. The molecular weight excluding hydrogens is 789 g/mol. The van der Waals surface area contributed by atoms with Gasteiger partial charge in [-0.3, -0.25) is 29.3 Å². The summed E-state index contributed by atoms with van der Waals surface area (Å²) >= 11 is 6.38. The van der Waals surface area contributed by atoms with Crippen molar-refractivity contribution in [2.75, 3.05) is 50.6 Å². The van der Waals surface area contributed by atoms with Gasteiger partial charge < -0.3 is 19.9 Å². The number of piperidine rings is 1. The first-order valence-corrected chi connectivity index (χ1v) is 20.1. The van der Waals surface area contributed by atoms with Gasteiger partial charge in [0.05, 0.1) is 35.1 Å². The highest BCUT2D eigenvalue weighted by Gasteiger charge is 2.33. The van der Waals surface area contributed by atoms with Gasteiger partial charge in [0.25, 0.3) is 11.8 Å². The molecule has 2 aromatic heterocycles. The van der Waals surface area contributed by atoms with E-state index in [1.165, 1.54) is 18.1 Å². The second-order valence-electron chi connectivity index (χ2n) is 15.4. The molecule has 0 bridgehead atoms. The van der Waals surface area contributed by atoms with Gasteiger partial charge in [0, 0.05) is 62.9 Å². The molecule has 5 amide bonds. The zero-order valence-corrected chi connectivity index (χ0v) is 33.6. The number of carbonyl (C=O) groups is 4. The number of ether oxygens (including phenoxy) is 1. The number of alkyl halides is 3. The van der Waals surface area contributed by atoms with E-state index in [0.29, 0.717) is 58.2 Å². The third-order valence-electron chi connectivity index (χ3n) is 11.4. The van der Waals surface area contributed by atoms with Gasteiger partial charge in [-0.2, -0.15) is 18.3 Å². The third-order valence-corrected chi connectivity index (χ3v) is 11.7. The number of hydrogen-bond donors (Lipinski definition) is 2. The summed E-state index contributed by atoms with van der Waals surface area (Å²) in [6.07, 6.45) is 8.64. The molecule has 2 aromatic carbocycles. The Morgan fingerprint density at radius 2 is 1.80 bits per heavy atom. The van der Waals surface area contributed by atoms with Crippen molar-refractivity contribution >= 4 is 57.6 Å². The lowest BCUT2D eigenvalue weighted by molar-refractivity contribution is -0.141. The Kier molecular flexibility index (Phi) is 12.4. The Morgan fingerprint density at radius 1 is 1.03 bits per heavy atom. The maximum atomic E-state index is 13.4. The fraction of sp³-hybridized carbons (Fsp3) is 0.429. The number of pyridine rings is 1. The van der Waals surface area contributed by atoms with Crippen LogP contribution in [0.4, 0.5) is 29.3 Å². The standard InChI is InChI=1S/C42H46ClF3N8O5/c1-51(18-13-27-14-19-52(20-15-27)40(57)28-8-11-31(43)35(23-28)53-21-16-38(55)49-41(53)58)17-12-26-6-9-30(10-7-26)54-25-29-22-34(36(59-2)24-33(29)50-54)48-39(56)32-4-3-5-37(47-32)42(44,45)46/h3-5,8,11-12,17,22-27,30H,6-7,9-10,13-16,18-21H2,1-2H3,(H,48,56)(H,49,55,58)/b17-12+. The van der Waals surface area contributed by atoms with Crippen LogP contribution >= 0.6 is 11.6 Å². The second kappa shape index (κ2) is 17.7. The van der Waals surface area contributed by atoms with Crippen LogP contribution in [0.5, 0.6) is 5.75 Å². The molecular formula is C42H46ClF3N8O5. The van der Waals surface area contributed by atoms with Gasteiger partial charge in [0.15, 0.2) is 0 Å². The molecule has 13 nitrogen and oxygen atoms in total. The van der Waals surface area contributed by atoms with Crippen molar-refractivity contribution in [2.45, 2.75) is 63.6 Å². The van der Waals surface area contributed by atoms with Gasteiger partial charge in [0.2, 0.25) is 5.91 Å². The van der Waals surface area contributed by atoms with Gasteiger partial charge in [-0.15, -0.1) is 0 Å². The number of imide groups is 1. The molecule has 1 saturated carbocycles. The van der Waals surface area contributed by atoms with E-state index >= 15 is 0 Å². The molecule has 2 aliphatic heterocycles. The Morgan fingerprint density at radius 3 is 2.51 bits per heavy atom. The number of aromatic nitrogens is 3. The van der Waals surface area contributed by atoms with Gasteiger partial charge >= 0.3 is 12.2 Å². The van der Waals surface area contributed by atoms with E-state index in [0.717, 1.165) is 69.0 Å². The molecule has 0 radical (unpaired) electrons. The van der Waals surface area contributed by atoms with Crippen molar-refractivity contribution < 1.29 is 37.1 Å². The highest BCUT2D eigenvalue weighted by molar-refractivity contribution is 6.34. The van der Waals surface area contributed by atoms with Crippen LogP contribution in [0.1, 0.15) is 83.9 Å². The van der Waals surface area contributed by atoms with E-state index in [1.807, 2.05) is 15.8 Å². The highest BCUT2D eigenvalue weighted by Crippen LogP contribution is 2.36. The summed E-state index contributed by atoms with van der Waals surface area (Å²) < 4.78 is 46.9. The van der Waals surface area contributed by atoms with Crippen LogP contribution in [0.25, 0.3) is 10.9 Å². The largest absolute Gasteiger partial charge is 0.494 e. The number of halogens is 4. The number of methoxy groups -OCH3 is 1. The minimum absolute atomic E-state index is 0.0988. The molecule has 59 heavy (non-hydrogen) atoms. The van der Waals surface area contributed by atoms with Gasteiger partial charge in [-0.1, -0.05) is 23.7 Å². The first kappa shape index (κ1) is 41.5. The smallest absolute Gasteiger partial charge is 0.433 e. The highest BCUT2D eigenvalue weighted by atomic mass is 35.5. The third kappa shape index (κ3) is 9.81. The number of allylic oxidation sites excluding steroid dienone is 1. The van der Waals surface area contributed by atoms with Crippen LogP contribution in [0.3, 0.4) is 0 Å². The van der Waals surface area contributed by atoms with Crippen molar-refractivity contribution in [3.8, 4) is 5.75 Å². The summed E-state index contributed by atoms with van der Waals surface area (Å²) in [7, 11) is 3.54. The number of amides is 5. The SMILES string of the molecule is COc1cc2nn(C3CCC(/C=C/N(C)CCC4CCN(C(=O)c5ccc(Cl)c(N6CCC(=O)NC6=O)c5)CC4)CC3)cc2cc1NC(=O)c1cccc(C(F)(F)F)n1. The van der Waals surface area contributed by atoms with Crippen molar-refractivity contribution in [1.82, 2.24) is 29.9 Å². The molecule has 1 aliphatic carbocycles. The average Bonchev–Trinajstić information content (AvgIpc) is 3.65. The summed E-state index contributed by atoms with van der Waals surface area (Å²) in [6, 6.07) is 11.2. The summed E-state index contributed by atoms with van der Waals surface area (Å²) in [5, 5.41) is 10.8. The monoisotopic (exact) mass is 834 g/mol. The number of benzene rings is 2. The van der Waals surface area contributed by atoms with Crippen molar-refractivity contribution in [3.63, 3.8) is 0 Å². The summed E-state index contributed by atoms with van der Waals surface area (Å²) in [4.78, 5) is 59.2. The number of nitrogens with one attached hydrogen (secondary N) is 2. The predicted octanol–water partition coefficient (Wildman–Crippen LogP) is 7.93. The molecule has 312 valence electrons. The molecule has 3 fully saturated rings. The number of rotatable bonds is 11. The summed E-state index contributed by atoms with van der Waals surface area (Å²) in [5.41, 5.74) is 0.351. The van der Waals surface area contributed by atoms with E-state index in [1.54, 1.807) is 30.3 Å².